The van der Waals surface area contributed by atoms with E-state index in [4.69, 9.17) is 4.74 Å². The second kappa shape index (κ2) is 4.34. The van der Waals surface area contributed by atoms with Crippen molar-refractivity contribution in [2.75, 3.05) is 6.61 Å². The van der Waals surface area contributed by atoms with Crippen LogP contribution in [0.1, 0.15) is 18.9 Å². The lowest BCUT2D eigenvalue weighted by Crippen LogP contribution is -2.37. The molecule has 2 heteroatoms. The molecule has 3 aliphatic rings. The van der Waals surface area contributed by atoms with Gasteiger partial charge in [0, 0.05) is 11.5 Å². The lowest BCUT2D eigenvalue weighted by Gasteiger charge is -2.42. The summed E-state index contributed by atoms with van der Waals surface area (Å²) in [5.74, 6) is 2.01. The average Bonchev–Trinajstić information content (AvgIpc) is 2.98. The van der Waals surface area contributed by atoms with Crippen LogP contribution in [-0.2, 0) is 9.53 Å². The van der Waals surface area contributed by atoms with Gasteiger partial charge in [-0.2, -0.15) is 0 Å². The van der Waals surface area contributed by atoms with Crippen LogP contribution in [0.15, 0.2) is 48.1 Å². The van der Waals surface area contributed by atoms with E-state index in [2.05, 4.69) is 24.3 Å². The Hall–Kier alpha value is -1.83. The third-order valence-corrected chi connectivity index (χ3v) is 5.00. The summed E-state index contributed by atoms with van der Waals surface area (Å²) >= 11 is 0. The standard InChI is InChI=1S/C18H18O2/c1-2-20-18(19)17-14(11-6-4-3-5-7-11)15-12-8-9-13(10-12)16(15)17/h3-9,12-13,15-16H,2,10H2,1H3/t12-,13+,15-,16-/m0/s1. The second-order valence-corrected chi connectivity index (χ2v) is 5.91. The van der Waals surface area contributed by atoms with Crippen LogP contribution in [0.2, 0.25) is 0 Å². The normalized spacial score (nSPS) is 33.0. The molecule has 4 rings (SSSR count). The second-order valence-electron chi connectivity index (χ2n) is 5.91. The van der Waals surface area contributed by atoms with E-state index in [1.54, 1.807) is 0 Å². The molecule has 0 spiro atoms. The molecule has 1 saturated carbocycles. The minimum absolute atomic E-state index is 0.103. The Bertz CT molecular complexity index is 612. The number of ether oxygens (including phenoxy) is 1. The first-order valence-electron chi connectivity index (χ1n) is 7.46. The van der Waals surface area contributed by atoms with Crippen LogP contribution in [0.25, 0.3) is 5.57 Å². The molecule has 0 aliphatic heterocycles. The van der Waals surface area contributed by atoms with E-state index in [1.807, 2.05) is 25.1 Å². The molecule has 2 nitrogen and oxygen atoms in total. The largest absolute Gasteiger partial charge is 0.463 e. The molecule has 2 bridgehead atoms. The summed E-state index contributed by atoms with van der Waals surface area (Å²) in [6.07, 6.45) is 5.85. The van der Waals surface area contributed by atoms with Gasteiger partial charge < -0.3 is 4.74 Å². The van der Waals surface area contributed by atoms with Crippen LogP contribution < -0.4 is 0 Å². The summed E-state index contributed by atoms with van der Waals surface area (Å²) in [5.41, 5.74) is 3.38. The summed E-state index contributed by atoms with van der Waals surface area (Å²) in [6.45, 7) is 2.32. The van der Waals surface area contributed by atoms with Crippen molar-refractivity contribution < 1.29 is 9.53 Å². The highest BCUT2D eigenvalue weighted by Crippen LogP contribution is 2.63. The van der Waals surface area contributed by atoms with Gasteiger partial charge in [0.2, 0.25) is 0 Å². The fourth-order valence-corrected chi connectivity index (χ4v) is 4.29. The molecule has 3 aliphatic carbocycles. The molecule has 0 radical (unpaired) electrons. The zero-order valence-corrected chi connectivity index (χ0v) is 11.6. The third-order valence-electron chi connectivity index (χ3n) is 5.00. The van der Waals surface area contributed by atoms with Gasteiger partial charge in [-0.3, -0.25) is 0 Å². The summed E-state index contributed by atoms with van der Waals surface area (Å²) in [7, 11) is 0. The number of fused-ring (bicyclic) bond motifs is 5. The fraction of sp³-hybridized carbons (Fsp3) is 0.389. The Kier molecular flexibility index (Phi) is 2.59. The Morgan fingerprint density at radius 1 is 1.15 bits per heavy atom. The van der Waals surface area contributed by atoms with Gasteiger partial charge in [-0.15, -0.1) is 0 Å². The van der Waals surface area contributed by atoms with Crippen molar-refractivity contribution in [2.45, 2.75) is 13.3 Å². The minimum atomic E-state index is -0.103. The Morgan fingerprint density at radius 2 is 1.85 bits per heavy atom. The van der Waals surface area contributed by atoms with Crippen LogP contribution in [0.3, 0.4) is 0 Å². The SMILES string of the molecule is CCOC(=O)C1=C(c2ccccc2)[C@H]2[C@@H]1[C@@H]1C=C[C@H]2C1. The Labute approximate surface area is 119 Å². The Morgan fingerprint density at radius 3 is 2.55 bits per heavy atom. The first kappa shape index (κ1) is 12.0. The van der Waals surface area contributed by atoms with Gasteiger partial charge in [-0.1, -0.05) is 42.5 Å². The number of esters is 1. The van der Waals surface area contributed by atoms with E-state index < -0.39 is 0 Å². The molecule has 1 aromatic carbocycles. The molecular formula is C18H18O2. The zero-order valence-electron chi connectivity index (χ0n) is 11.6. The zero-order chi connectivity index (χ0) is 13.7. The van der Waals surface area contributed by atoms with Gasteiger partial charge in [0.25, 0.3) is 0 Å². The first-order chi connectivity index (χ1) is 9.81. The first-order valence-corrected chi connectivity index (χ1v) is 7.46. The van der Waals surface area contributed by atoms with Gasteiger partial charge >= 0.3 is 5.97 Å². The predicted molar refractivity (Wildman–Crippen MR) is 77.7 cm³/mol. The van der Waals surface area contributed by atoms with Crippen LogP contribution in [0.5, 0.6) is 0 Å². The van der Waals surface area contributed by atoms with Crippen LogP contribution in [0.4, 0.5) is 0 Å². The number of hydrogen-bond donors (Lipinski definition) is 0. The summed E-state index contributed by atoms with van der Waals surface area (Å²) < 4.78 is 5.29. The smallest absolute Gasteiger partial charge is 0.334 e. The van der Waals surface area contributed by atoms with Gasteiger partial charge in [0.05, 0.1) is 6.61 Å². The average molecular weight is 266 g/mol. The molecule has 4 atom stereocenters. The maximum Gasteiger partial charge on any atom is 0.334 e. The molecule has 1 fully saturated rings. The third kappa shape index (κ3) is 1.48. The van der Waals surface area contributed by atoms with Crippen molar-refractivity contribution in [2.24, 2.45) is 23.7 Å². The van der Waals surface area contributed by atoms with Gasteiger partial charge in [-0.05, 0) is 42.2 Å². The van der Waals surface area contributed by atoms with Crippen molar-refractivity contribution >= 4 is 11.5 Å². The number of rotatable bonds is 3. The highest BCUT2D eigenvalue weighted by atomic mass is 16.5. The van der Waals surface area contributed by atoms with E-state index in [9.17, 15) is 4.79 Å². The molecular weight excluding hydrogens is 248 g/mol. The van der Waals surface area contributed by atoms with Crippen molar-refractivity contribution in [3.8, 4) is 0 Å². The van der Waals surface area contributed by atoms with Crippen LogP contribution in [0, 0.1) is 23.7 Å². The van der Waals surface area contributed by atoms with Crippen molar-refractivity contribution in [3.05, 3.63) is 53.6 Å². The molecule has 0 saturated heterocycles. The number of benzene rings is 1. The molecule has 20 heavy (non-hydrogen) atoms. The monoisotopic (exact) mass is 266 g/mol. The molecule has 0 amide bonds. The molecule has 102 valence electrons. The summed E-state index contributed by atoms with van der Waals surface area (Å²) in [4.78, 5) is 12.3. The lowest BCUT2D eigenvalue weighted by molar-refractivity contribution is -0.139. The van der Waals surface area contributed by atoms with Gasteiger partial charge in [0.15, 0.2) is 0 Å². The van der Waals surface area contributed by atoms with Crippen molar-refractivity contribution in [1.29, 1.82) is 0 Å². The molecule has 0 unspecified atom stereocenters. The molecule has 0 aromatic heterocycles. The Balaban J connectivity index is 1.79. The maximum atomic E-state index is 12.3. The minimum Gasteiger partial charge on any atom is -0.463 e. The van der Waals surface area contributed by atoms with E-state index in [0.29, 0.717) is 30.3 Å². The quantitative estimate of drug-likeness (QED) is 0.618. The van der Waals surface area contributed by atoms with Gasteiger partial charge in [0.1, 0.15) is 0 Å². The molecule has 1 aromatic rings. The molecule has 0 heterocycles. The van der Waals surface area contributed by atoms with E-state index >= 15 is 0 Å². The van der Waals surface area contributed by atoms with E-state index in [0.717, 1.165) is 5.57 Å². The van der Waals surface area contributed by atoms with E-state index in [-0.39, 0.29) is 5.97 Å². The summed E-state index contributed by atoms with van der Waals surface area (Å²) in [6, 6.07) is 10.3. The number of carbonyl (C=O) groups is 1. The van der Waals surface area contributed by atoms with Crippen molar-refractivity contribution in [3.63, 3.8) is 0 Å². The number of hydrogen-bond acceptors (Lipinski definition) is 2. The van der Waals surface area contributed by atoms with Gasteiger partial charge in [-0.25, -0.2) is 4.79 Å². The number of allylic oxidation sites excluding steroid dienone is 3. The predicted octanol–water partition coefficient (Wildman–Crippen LogP) is 3.46. The molecule has 0 N–H and O–H groups in total. The highest BCUT2D eigenvalue weighted by Gasteiger charge is 2.57. The fourth-order valence-electron chi connectivity index (χ4n) is 4.29. The van der Waals surface area contributed by atoms with Crippen LogP contribution >= 0.6 is 0 Å². The maximum absolute atomic E-state index is 12.3. The number of carbonyl (C=O) groups excluding carboxylic acids is 1. The summed E-state index contributed by atoms with van der Waals surface area (Å²) in [5, 5.41) is 0. The van der Waals surface area contributed by atoms with Crippen molar-refractivity contribution in [1.82, 2.24) is 0 Å². The lowest BCUT2D eigenvalue weighted by atomic mass is 9.61. The highest BCUT2D eigenvalue weighted by molar-refractivity contribution is 6.03. The van der Waals surface area contributed by atoms with E-state index in [1.165, 1.54) is 17.6 Å². The van der Waals surface area contributed by atoms with Crippen LogP contribution in [-0.4, -0.2) is 12.6 Å². The topological polar surface area (TPSA) is 26.3 Å².